The van der Waals surface area contributed by atoms with Gasteiger partial charge in [-0.15, -0.1) is 0 Å². The molecule has 2 aromatic heterocycles. The lowest BCUT2D eigenvalue weighted by molar-refractivity contribution is 0.737. The summed E-state index contributed by atoms with van der Waals surface area (Å²) in [5, 5.41) is 5.84. The Kier molecular flexibility index (Phi) is 2.29. The van der Waals surface area contributed by atoms with E-state index in [-0.39, 0.29) is 0 Å². The van der Waals surface area contributed by atoms with E-state index in [4.69, 9.17) is 5.73 Å². The average molecular weight is 245 g/mol. The average Bonchev–Trinajstić information content (AvgIpc) is 2.82. The molecule has 0 aliphatic carbocycles. The second kappa shape index (κ2) is 3.81. The summed E-state index contributed by atoms with van der Waals surface area (Å²) in [6.45, 7) is 0. The lowest BCUT2D eigenvalue weighted by atomic mass is 10.3. The third kappa shape index (κ3) is 1.87. The topological polar surface area (TPSA) is 72.5 Å². The van der Waals surface area contributed by atoms with E-state index in [1.54, 1.807) is 10.9 Å². The fourth-order valence-corrected chi connectivity index (χ4v) is 2.46. The standard InChI is InChI=1S/C11H11N5S/c1-16-6-7(12)10(15-16)17-11-13-8-4-2-3-5-9(8)14-11/h2-6H,12H2,1H3,(H,13,14). The van der Waals surface area contributed by atoms with E-state index in [1.165, 1.54) is 11.8 Å². The number of imidazole rings is 1. The van der Waals surface area contributed by atoms with E-state index in [9.17, 15) is 0 Å². The van der Waals surface area contributed by atoms with Crippen LogP contribution in [0.15, 0.2) is 40.6 Å². The minimum Gasteiger partial charge on any atom is -0.395 e. The number of nitrogen functional groups attached to an aromatic ring is 1. The van der Waals surface area contributed by atoms with Crippen LogP contribution in [0.2, 0.25) is 0 Å². The van der Waals surface area contributed by atoms with Crippen LogP contribution >= 0.6 is 11.8 Å². The maximum Gasteiger partial charge on any atom is 0.172 e. The molecule has 0 spiro atoms. The van der Waals surface area contributed by atoms with Gasteiger partial charge in [-0.2, -0.15) is 5.10 Å². The molecule has 0 radical (unpaired) electrons. The quantitative estimate of drug-likeness (QED) is 0.724. The number of fused-ring (bicyclic) bond motifs is 1. The van der Waals surface area contributed by atoms with Crippen molar-refractivity contribution in [2.24, 2.45) is 7.05 Å². The van der Waals surface area contributed by atoms with Gasteiger partial charge in [-0.25, -0.2) is 4.98 Å². The second-order valence-corrected chi connectivity index (χ2v) is 4.70. The number of aromatic amines is 1. The van der Waals surface area contributed by atoms with Gasteiger partial charge in [0.2, 0.25) is 0 Å². The third-order valence-corrected chi connectivity index (χ3v) is 3.28. The van der Waals surface area contributed by atoms with Crippen molar-refractivity contribution >= 4 is 28.5 Å². The minimum absolute atomic E-state index is 0.665. The SMILES string of the molecule is Cn1cc(N)c(Sc2nc3ccccc3[nH]2)n1. The molecular formula is C11H11N5S. The van der Waals surface area contributed by atoms with Crippen molar-refractivity contribution in [2.45, 2.75) is 10.2 Å². The van der Waals surface area contributed by atoms with Crippen molar-refractivity contribution < 1.29 is 0 Å². The van der Waals surface area contributed by atoms with Gasteiger partial charge in [0.15, 0.2) is 5.16 Å². The zero-order valence-corrected chi connectivity index (χ0v) is 10.0. The Morgan fingerprint density at radius 3 is 2.88 bits per heavy atom. The second-order valence-electron chi connectivity index (χ2n) is 3.72. The number of aromatic nitrogens is 4. The predicted octanol–water partition coefficient (Wildman–Crippen LogP) is 2.03. The number of H-pyrrole nitrogens is 1. The normalized spacial score (nSPS) is 11.1. The highest BCUT2D eigenvalue weighted by molar-refractivity contribution is 7.99. The number of aryl methyl sites for hydroxylation is 1. The van der Waals surface area contributed by atoms with Crippen LogP contribution in [0.25, 0.3) is 11.0 Å². The number of anilines is 1. The van der Waals surface area contributed by atoms with Crippen LogP contribution in [-0.4, -0.2) is 19.7 Å². The van der Waals surface area contributed by atoms with Crippen LogP contribution < -0.4 is 5.73 Å². The molecule has 3 N–H and O–H groups in total. The van der Waals surface area contributed by atoms with E-state index in [1.807, 2.05) is 31.3 Å². The van der Waals surface area contributed by atoms with E-state index < -0.39 is 0 Å². The summed E-state index contributed by atoms with van der Waals surface area (Å²) in [6.07, 6.45) is 1.78. The molecule has 2 heterocycles. The zero-order valence-electron chi connectivity index (χ0n) is 9.21. The smallest absolute Gasteiger partial charge is 0.172 e. The number of hydrogen-bond acceptors (Lipinski definition) is 4. The Labute approximate surface area is 102 Å². The molecule has 0 aliphatic heterocycles. The minimum atomic E-state index is 0.665. The van der Waals surface area contributed by atoms with Gasteiger partial charge in [0.1, 0.15) is 5.03 Å². The summed E-state index contributed by atoms with van der Waals surface area (Å²) < 4.78 is 1.69. The van der Waals surface area contributed by atoms with Crippen molar-refractivity contribution in [2.75, 3.05) is 5.73 Å². The summed E-state index contributed by atoms with van der Waals surface area (Å²) in [7, 11) is 1.85. The zero-order chi connectivity index (χ0) is 11.8. The van der Waals surface area contributed by atoms with E-state index in [2.05, 4.69) is 15.1 Å². The molecule has 0 bridgehead atoms. The number of benzene rings is 1. The van der Waals surface area contributed by atoms with Crippen LogP contribution in [0, 0.1) is 0 Å². The predicted molar refractivity (Wildman–Crippen MR) is 67.8 cm³/mol. The van der Waals surface area contributed by atoms with E-state index in [0.717, 1.165) is 21.2 Å². The van der Waals surface area contributed by atoms with Crippen LogP contribution in [0.1, 0.15) is 0 Å². The van der Waals surface area contributed by atoms with Crippen molar-refractivity contribution in [3.63, 3.8) is 0 Å². The summed E-state index contributed by atoms with van der Waals surface area (Å²) in [6, 6.07) is 7.91. The molecule has 0 aliphatic rings. The van der Waals surface area contributed by atoms with Gasteiger partial charge in [0.05, 0.1) is 16.7 Å². The Bertz CT molecular complexity index is 636. The van der Waals surface area contributed by atoms with Gasteiger partial charge in [-0.1, -0.05) is 12.1 Å². The Hall–Kier alpha value is -1.95. The summed E-state index contributed by atoms with van der Waals surface area (Å²) in [5.41, 5.74) is 8.47. The van der Waals surface area contributed by atoms with Crippen LogP contribution in [0.4, 0.5) is 5.69 Å². The Morgan fingerprint density at radius 2 is 2.18 bits per heavy atom. The highest BCUT2D eigenvalue weighted by Crippen LogP contribution is 2.29. The van der Waals surface area contributed by atoms with Gasteiger partial charge < -0.3 is 10.7 Å². The highest BCUT2D eigenvalue weighted by Gasteiger charge is 2.09. The first kappa shape index (κ1) is 10.2. The summed E-state index contributed by atoms with van der Waals surface area (Å²) in [4.78, 5) is 7.69. The fourth-order valence-electron chi connectivity index (χ4n) is 1.64. The Balaban J connectivity index is 1.97. The molecule has 0 saturated carbocycles. The maximum absolute atomic E-state index is 5.84. The molecule has 6 heteroatoms. The highest BCUT2D eigenvalue weighted by atomic mass is 32.2. The van der Waals surface area contributed by atoms with Crippen LogP contribution in [0.3, 0.4) is 0 Å². The molecule has 86 valence electrons. The lowest BCUT2D eigenvalue weighted by Crippen LogP contribution is -1.87. The molecular weight excluding hydrogens is 234 g/mol. The molecule has 0 saturated heterocycles. The van der Waals surface area contributed by atoms with Crippen molar-refractivity contribution in [3.05, 3.63) is 30.5 Å². The largest absolute Gasteiger partial charge is 0.395 e. The molecule has 5 nitrogen and oxygen atoms in total. The molecule has 0 unspecified atom stereocenters. The van der Waals surface area contributed by atoms with E-state index >= 15 is 0 Å². The van der Waals surface area contributed by atoms with Gasteiger partial charge in [0.25, 0.3) is 0 Å². The van der Waals surface area contributed by atoms with Crippen LogP contribution in [0.5, 0.6) is 0 Å². The molecule has 3 aromatic rings. The van der Waals surface area contributed by atoms with E-state index in [0.29, 0.717) is 5.69 Å². The number of para-hydroxylation sites is 2. The fraction of sp³-hybridized carbons (Fsp3) is 0.0909. The third-order valence-electron chi connectivity index (χ3n) is 2.38. The number of hydrogen-bond donors (Lipinski definition) is 2. The molecule has 17 heavy (non-hydrogen) atoms. The van der Waals surface area contributed by atoms with Gasteiger partial charge in [0, 0.05) is 13.2 Å². The van der Waals surface area contributed by atoms with Gasteiger partial charge in [-0.05, 0) is 23.9 Å². The summed E-state index contributed by atoms with van der Waals surface area (Å²) in [5.74, 6) is 0. The number of nitrogens with zero attached hydrogens (tertiary/aromatic N) is 3. The molecule has 1 aromatic carbocycles. The van der Waals surface area contributed by atoms with Crippen molar-refractivity contribution in [1.29, 1.82) is 0 Å². The summed E-state index contributed by atoms with van der Waals surface area (Å²) >= 11 is 1.44. The number of nitrogens with two attached hydrogens (primary N) is 1. The molecule has 0 amide bonds. The van der Waals surface area contributed by atoms with Gasteiger partial charge >= 0.3 is 0 Å². The molecule has 3 rings (SSSR count). The van der Waals surface area contributed by atoms with Gasteiger partial charge in [-0.3, -0.25) is 4.68 Å². The molecule has 0 fully saturated rings. The first-order valence-corrected chi connectivity index (χ1v) is 5.96. The first-order chi connectivity index (χ1) is 8.22. The Morgan fingerprint density at radius 1 is 1.35 bits per heavy atom. The number of nitrogens with one attached hydrogen (secondary N) is 1. The van der Waals surface area contributed by atoms with Crippen molar-refractivity contribution in [1.82, 2.24) is 19.7 Å². The molecule has 0 atom stereocenters. The monoisotopic (exact) mass is 245 g/mol. The van der Waals surface area contributed by atoms with Crippen LogP contribution in [-0.2, 0) is 7.05 Å². The van der Waals surface area contributed by atoms with Crippen molar-refractivity contribution in [3.8, 4) is 0 Å². The number of rotatable bonds is 2. The maximum atomic E-state index is 5.84. The first-order valence-electron chi connectivity index (χ1n) is 5.14. The lowest BCUT2D eigenvalue weighted by Gasteiger charge is -1.92.